The fourth-order valence-electron chi connectivity index (χ4n) is 1.44. The lowest BCUT2D eigenvalue weighted by molar-refractivity contribution is 0.0951. The van der Waals surface area contributed by atoms with E-state index in [2.05, 4.69) is 15.5 Å². The number of thiophene rings is 1. The van der Waals surface area contributed by atoms with Crippen LogP contribution < -0.4 is 11.1 Å². The van der Waals surface area contributed by atoms with E-state index in [1.165, 1.54) is 11.3 Å². The van der Waals surface area contributed by atoms with Gasteiger partial charge >= 0.3 is 0 Å². The molecule has 2 aromatic heterocycles. The zero-order valence-electron chi connectivity index (χ0n) is 9.08. The lowest BCUT2D eigenvalue weighted by atomic mass is 10.2. The van der Waals surface area contributed by atoms with E-state index < -0.39 is 0 Å². The summed E-state index contributed by atoms with van der Waals surface area (Å²) in [6, 6.07) is 3.67. The number of hydrogen-bond acceptors (Lipinski definition) is 4. The van der Waals surface area contributed by atoms with Gasteiger partial charge in [-0.05, 0) is 19.1 Å². The summed E-state index contributed by atoms with van der Waals surface area (Å²) < 4.78 is 0.702. The van der Waals surface area contributed by atoms with Gasteiger partial charge in [0.05, 0.1) is 10.9 Å². The molecule has 0 aliphatic heterocycles. The lowest BCUT2D eigenvalue weighted by Gasteiger charge is -2.03. The molecule has 17 heavy (non-hydrogen) atoms. The van der Waals surface area contributed by atoms with Gasteiger partial charge in [-0.3, -0.25) is 9.89 Å². The Balaban J connectivity index is 2.03. The first-order chi connectivity index (χ1) is 8.08. The van der Waals surface area contributed by atoms with E-state index in [1.54, 1.807) is 13.0 Å². The Morgan fingerprint density at radius 1 is 1.65 bits per heavy atom. The number of rotatable bonds is 3. The van der Waals surface area contributed by atoms with Crippen molar-refractivity contribution in [3.8, 4) is 0 Å². The van der Waals surface area contributed by atoms with Crippen LogP contribution in [0.15, 0.2) is 12.1 Å². The van der Waals surface area contributed by atoms with Crippen LogP contribution in [0.5, 0.6) is 0 Å². The van der Waals surface area contributed by atoms with Gasteiger partial charge in [0.2, 0.25) is 0 Å². The van der Waals surface area contributed by atoms with Crippen molar-refractivity contribution in [2.75, 3.05) is 5.73 Å². The predicted molar refractivity (Wildman–Crippen MR) is 68.2 cm³/mol. The van der Waals surface area contributed by atoms with Crippen molar-refractivity contribution < 1.29 is 4.79 Å². The molecule has 5 nitrogen and oxygen atoms in total. The Morgan fingerprint density at radius 2 is 2.41 bits per heavy atom. The number of H-pyrrole nitrogens is 1. The van der Waals surface area contributed by atoms with Gasteiger partial charge in [-0.2, -0.15) is 5.10 Å². The Kier molecular flexibility index (Phi) is 3.35. The molecule has 0 bridgehead atoms. The second kappa shape index (κ2) is 4.77. The maximum atomic E-state index is 11.8. The topological polar surface area (TPSA) is 83.8 Å². The fraction of sp³-hybridized carbons (Fsp3) is 0.200. The minimum Gasteiger partial charge on any atom is -0.382 e. The second-order valence-electron chi connectivity index (χ2n) is 3.50. The summed E-state index contributed by atoms with van der Waals surface area (Å²) in [5, 5.41) is 9.20. The summed E-state index contributed by atoms with van der Waals surface area (Å²) in [6.07, 6.45) is 0. The zero-order chi connectivity index (χ0) is 12.4. The number of amides is 1. The molecule has 0 fully saturated rings. The minimum absolute atomic E-state index is 0.212. The Labute approximate surface area is 107 Å². The molecule has 0 radical (unpaired) electrons. The van der Waals surface area contributed by atoms with Crippen LogP contribution in [0.4, 0.5) is 5.82 Å². The summed E-state index contributed by atoms with van der Waals surface area (Å²) in [4.78, 5) is 12.8. The van der Waals surface area contributed by atoms with Crippen molar-refractivity contribution in [1.82, 2.24) is 15.5 Å². The highest BCUT2D eigenvalue weighted by molar-refractivity contribution is 7.16. The van der Waals surface area contributed by atoms with Crippen LogP contribution in [0.25, 0.3) is 0 Å². The zero-order valence-corrected chi connectivity index (χ0v) is 10.7. The lowest BCUT2D eigenvalue weighted by Crippen LogP contribution is -2.23. The minimum atomic E-state index is -0.238. The molecule has 0 aromatic carbocycles. The van der Waals surface area contributed by atoms with Crippen LogP contribution in [0, 0.1) is 6.92 Å². The van der Waals surface area contributed by atoms with Crippen molar-refractivity contribution in [1.29, 1.82) is 0 Å². The standard InChI is InChI=1S/C10H11ClN4OS/c1-5-8(9(12)15-14-5)10(16)13-4-6-2-3-7(11)17-6/h2-3H,4H2,1H3,(H,13,16)(H3,12,14,15). The van der Waals surface area contributed by atoms with E-state index in [4.69, 9.17) is 17.3 Å². The number of nitrogens with zero attached hydrogens (tertiary/aromatic N) is 1. The highest BCUT2D eigenvalue weighted by Crippen LogP contribution is 2.21. The molecular weight excluding hydrogens is 260 g/mol. The first-order valence-electron chi connectivity index (χ1n) is 4.91. The SMILES string of the molecule is Cc1[nH]nc(N)c1C(=O)NCc1ccc(Cl)s1. The number of nitrogens with two attached hydrogens (primary N) is 1. The number of nitrogen functional groups attached to an aromatic ring is 1. The van der Waals surface area contributed by atoms with Gasteiger partial charge < -0.3 is 11.1 Å². The van der Waals surface area contributed by atoms with Gasteiger partial charge in [0.25, 0.3) is 5.91 Å². The molecule has 0 unspecified atom stereocenters. The molecule has 0 atom stereocenters. The van der Waals surface area contributed by atoms with Gasteiger partial charge in [-0.1, -0.05) is 11.6 Å². The van der Waals surface area contributed by atoms with Crippen LogP contribution in [-0.4, -0.2) is 16.1 Å². The smallest absolute Gasteiger partial charge is 0.257 e. The van der Waals surface area contributed by atoms with E-state index in [-0.39, 0.29) is 11.7 Å². The molecule has 90 valence electrons. The number of nitrogens with one attached hydrogen (secondary N) is 2. The Morgan fingerprint density at radius 3 is 2.94 bits per heavy atom. The molecule has 2 aromatic rings. The molecule has 2 rings (SSSR count). The number of aromatic amines is 1. The van der Waals surface area contributed by atoms with Gasteiger partial charge in [-0.15, -0.1) is 11.3 Å². The average Bonchev–Trinajstić information content (AvgIpc) is 2.83. The molecule has 0 saturated heterocycles. The molecular formula is C10H11ClN4OS. The number of carbonyl (C=O) groups excluding carboxylic acids is 1. The maximum Gasteiger partial charge on any atom is 0.257 e. The fourth-order valence-corrected chi connectivity index (χ4v) is 2.46. The van der Waals surface area contributed by atoms with Crippen LogP contribution >= 0.6 is 22.9 Å². The first-order valence-corrected chi connectivity index (χ1v) is 6.10. The van der Waals surface area contributed by atoms with Crippen molar-refractivity contribution >= 4 is 34.7 Å². The van der Waals surface area contributed by atoms with Crippen molar-refractivity contribution in [2.45, 2.75) is 13.5 Å². The molecule has 7 heteroatoms. The normalized spacial score (nSPS) is 10.5. The van der Waals surface area contributed by atoms with Crippen molar-refractivity contribution in [3.05, 3.63) is 32.6 Å². The third kappa shape index (κ3) is 2.59. The summed E-state index contributed by atoms with van der Waals surface area (Å²) in [5.74, 6) is -0.0255. The molecule has 2 heterocycles. The third-order valence-corrected chi connectivity index (χ3v) is 3.49. The number of aryl methyl sites for hydroxylation is 1. The second-order valence-corrected chi connectivity index (χ2v) is 5.30. The average molecular weight is 271 g/mol. The summed E-state index contributed by atoms with van der Waals surface area (Å²) in [6.45, 7) is 2.18. The van der Waals surface area contributed by atoms with E-state index >= 15 is 0 Å². The van der Waals surface area contributed by atoms with E-state index in [0.29, 0.717) is 22.1 Å². The number of carbonyl (C=O) groups is 1. The van der Waals surface area contributed by atoms with Gasteiger partial charge in [0, 0.05) is 10.6 Å². The summed E-state index contributed by atoms with van der Waals surface area (Å²) in [5.41, 5.74) is 6.65. The monoisotopic (exact) mass is 270 g/mol. The van der Waals surface area contributed by atoms with Crippen LogP contribution in [0.1, 0.15) is 20.9 Å². The van der Waals surface area contributed by atoms with Crippen molar-refractivity contribution in [3.63, 3.8) is 0 Å². The van der Waals surface area contributed by atoms with Crippen LogP contribution in [-0.2, 0) is 6.54 Å². The molecule has 0 spiro atoms. The molecule has 0 saturated carbocycles. The number of halogens is 1. The molecule has 0 aliphatic carbocycles. The Bertz CT molecular complexity index is 529. The number of aromatic nitrogens is 2. The largest absolute Gasteiger partial charge is 0.382 e. The Hall–Kier alpha value is -1.53. The predicted octanol–water partition coefficient (Wildman–Crippen LogP) is 1.95. The third-order valence-electron chi connectivity index (χ3n) is 2.25. The number of hydrogen-bond donors (Lipinski definition) is 3. The van der Waals surface area contributed by atoms with Crippen LogP contribution in [0.2, 0.25) is 4.34 Å². The molecule has 1 amide bonds. The maximum absolute atomic E-state index is 11.8. The molecule has 4 N–H and O–H groups in total. The highest BCUT2D eigenvalue weighted by atomic mass is 35.5. The highest BCUT2D eigenvalue weighted by Gasteiger charge is 2.15. The van der Waals surface area contributed by atoms with Gasteiger partial charge in [-0.25, -0.2) is 0 Å². The first kappa shape index (κ1) is 11.9. The van der Waals surface area contributed by atoms with Gasteiger partial charge in [0.15, 0.2) is 5.82 Å². The number of anilines is 1. The molecule has 0 aliphatic rings. The van der Waals surface area contributed by atoms with Gasteiger partial charge in [0.1, 0.15) is 5.56 Å². The van der Waals surface area contributed by atoms with Crippen LogP contribution in [0.3, 0.4) is 0 Å². The van der Waals surface area contributed by atoms with E-state index in [9.17, 15) is 4.79 Å². The quantitative estimate of drug-likeness (QED) is 0.797. The summed E-state index contributed by atoms with van der Waals surface area (Å²) in [7, 11) is 0. The van der Waals surface area contributed by atoms with E-state index in [0.717, 1.165) is 4.88 Å². The summed E-state index contributed by atoms with van der Waals surface area (Å²) >= 11 is 7.23. The van der Waals surface area contributed by atoms with Crippen molar-refractivity contribution in [2.24, 2.45) is 0 Å². The van der Waals surface area contributed by atoms with E-state index in [1.807, 2.05) is 6.07 Å².